The highest BCUT2D eigenvalue weighted by molar-refractivity contribution is 8.02. The first kappa shape index (κ1) is 10.7. The summed E-state index contributed by atoms with van der Waals surface area (Å²) in [7, 11) is 0. The van der Waals surface area contributed by atoms with Crippen LogP contribution >= 0.6 is 11.8 Å². The molecule has 1 aliphatic rings. The third-order valence-electron chi connectivity index (χ3n) is 2.18. The number of aldehydes is 1. The Morgan fingerprint density at radius 1 is 1.13 bits per heavy atom. The summed E-state index contributed by atoms with van der Waals surface area (Å²) < 4.78 is 0. The van der Waals surface area contributed by atoms with Crippen molar-refractivity contribution in [2.45, 2.75) is 11.8 Å². The van der Waals surface area contributed by atoms with E-state index in [1.54, 1.807) is 11.8 Å². The molecule has 0 bridgehead atoms. The summed E-state index contributed by atoms with van der Waals surface area (Å²) in [4.78, 5) is 11.9. The van der Waals surface area contributed by atoms with E-state index in [0.29, 0.717) is 0 Å². The van der Waals surface area contributed by atoms with Gasteiger partial charge < -0.3 is 4.79 Å². The molecule has 1 nitrogen and oxygen atoms in total. The van der Waals surface area contributed by atoms with E-state index in [4.69, 9.17) is 0 Å². The van der Waals surface area contributed by atoms with Crippen LogP contribution < -0.4 is 0 Å². The monoisotopic (exact) mass is 215 g/mol. The number of thioether (sulfide) groups is 1. The molecule has 0 saturated heterocycles. The van der Waals surface area contributed by atoms with Gasteiger partial charge >= 0.3 is 0 Å². The molecule has 0 unspecified atom stereocenters. The topological polar surface area (TPSA) is 17.1 Å². The quantitative estimate of drug-likeness (QED) is 0.721. The van der Waals surface area contributed by atoms with Gasteiger partial charge in [0.1, 0.15) is 6.29 Å². The third-order valence-corrected chi connectivity index (χ3v) is 3.28. The van der Waals surface area contributed by atoms with Crippen molar-refractivity contribution in [3.05, 3.63) is 60.3 Å². The fourth-order valence-corrected chi connectivity index (χ4v) is 2.25. The highest BCUT2D eigenvalue weighted by Crippen LogP contribution is 2.43. The minimum atomic E-state index is 0.764. The van der Waals surface area contributed by atoms with Gasteiger partial charge in [-0.1, -0.05) is 17.7 Å². The molecule has 1 saturated carbocycles. The van der Waals surface area contributed by atoms with Gasteiger partial charge in [0.15, 0.2) is 0 Å². The van der Waals surface area contributed by atoms with E-state index in [0.717, 1.165) is 22.3 Å². The first-order valence-electron chi connectivity index (χ1n) is 4.75. The average Bonchev–Trinajstić information content (AvgIpc) is 2.69. The smallest absolute Gasteiger partial charge is 0.128 e. The van der Waals surface area contributed by atoms with E-state index in [1.807, 2.05) is 19.3 Å². The molecule has 1 aliphatic carbocycles. The van der Waals surface area contributed by atoms with Crippen molar-refractivity contribution in [3.8, 4) is 0 Å². The Morgan fingerprint density at radius 2 is 1.87 bits per heavy atom. The van der Waals surface area contributed by atoms with Gasteiger partial charge in [0.2, 0.25) is 0 Å². The maximum absolute atomic E-state index is 10.7. The zero-order valence-electron chi connectivity index (χ0n) is 8.44. The molecule has 2 heteroatoms. The zero-order chi connectivity index (χ0) is 10.7. The highest BCUT2D eigenvalue weighted by Gasteiger charge is 2.29. The van der Waals surface area contributed by atoms with E-state index >= 15 is 0 Å². The van der Waals surface area contributed by atoms with Crippen LogP contribution in [0.2, 0.25) is 0 Å². The summed E-state index contributed by atoms with van der Waals surface area (Å²) in [6.07, 6.45) is 6.61. The molecule has 0 atom stereocenters. The molecule has 15 heavy (non-hydrogen) atoms. The molecule has 0 spiro atoms. The van der Waals surface area contributed by atoms with Gasteiger partial charge in [-0.3, -0.25) is 0 Å². The number of benzene rings is 1. The largest absolute Gasteiger partial charge is 0.303 e. The molecule has 75 valence electrons. The zero-order valence-corrected chi connectivity index (χ0v) is 9.25. The van der Waals surface area contributed by atoms with Gasteiger partial charge in [0, 0.05) is 4.90 Å². The van der Waals surface area contributed by atoms with Crippen molar-refractivity contribution < 1.29 is 4.79 Å². The molecule has 0 heterocycles. The first-order chi connectivity index (χ1) is 7.29. The summed E-state index contributed by atoms with van der Waals surface area (Å²) in [6.45, 7) is 2.06. The predicted octanol–water partition coefficient (Wildman–Crippen LogP) is 3.02. The molecule has 5 radical (unpaired) electrons. The Kier molecular flexibility index (Phi) is 3.47. The molecule has 0 aliphatic heterocycles. The molecule has 0 aromatic heterocycles. The van der Waals surface area contributed by atoms with Gasteiger partial charge in [-0.15, -0.1) is 11.8 Å². The van der Waals surface area contributed by atoms with Crippen molar-refractivity contribution >= 4 is 18.0 Å². The number of hydrogen-bond donors (Lipinski definition) is 0. The fraction of sp³-hybridized carbons (Fsp3) is 0.0769. The summed E-state index contributed by atoms with van der Waals surface area (Å²) >= 11 is 1.62. The van der Waals surface area contributed by atoms with E-state index in [1.165, 1.54) is 5.56 Å². The maximum atomic E-state index is 10.7. The maximum Gasteiger partial charge on any atom is 0.128 e. The second-order valence-electron chi connectivity index (χ2n) is 3.38. The van der Waals surface area contributed by atoms with Gasteiger partial charge in [-0.2, -0.15) is 0 Å². The number of carbonyl (C=O) groups is 1. The van der Waals surface area contributed by atoms with Gasteiger partial charge in [0.05, 0.1) is 11.2 Å². The Hall–Kier alpha value is -0.760. The lowest BCUT2D eigenvalue weighted by Crippen LogP contribution is -2.00. The lowest BCUT2D eigenvalue weighted by atomic mass is 10.1. The van der Waals surface area contributed by atoms with E-state index in [9.17, 15) is 4.79 Å². The van der Waals surface area contributed by atoms with Crippen LogP contribution in [0.4, 0.5) is 0 Å². The highest BCUT2D eigenvalue weighted by atomic mass is 32.2. The summed E-state index contributed by atoms with van der Waals surface area (Å²) in [5, 5.41) is 1.02. The van der Waals surface area contributed by atoms with Crippen molar-refractivity contribution in [1.82, 2.24) is 0 Å². The van der Waals surface area contributed by atoms with Crippen LogP contribution in [0.3, 0.4) is 0 Å². The number of hydrogen-bond acceptors (Lipinski definition) is 2. The first-order valence-corrected chi connectivity index (χ1v) is 5.56. The van der Waals surface area contributed by atoms with Crippen LogP contribution in [0.15, 0.2) is 29.2 Å². The second kappa shape index (κ2) is 4.84. The lowest BCUT2D eigenvalue weighted by molar-refractivity contribution is -0.105. The van der Waals surface area contributed by atoms with Crippen molar-refractivity contribution in [2.24, 2.45) is 0 Å². The summed E-state index contributed by atoms with van der Waals surface area (Å²) in [5.74, 6) is 0.764. The van der Waals surface area contributed by atoms with Crippen molar-refractivity contribution in [3.63, 3.8) is 0 Å². The minimum absolute atomic E-state index is 0.764. The fourth-order valence-electron chi connectivity index (χ4n) is 1.34. The second-order valence-corrected chi connectivity index (χ2v) is 4.49. The standard InChI is InChI=1S/C13H11OS/c1-10-5-7-12(8-6-10)15-13-4-2-3-11(13)9-14/h2-9H,1H3. The van der Waals surface area contributed by atoms with E-state index in [-0.39, 0.29) is 0 Å². The summed E-state index contributed by atoms with van der Waals surface area (Å²) in [6, 6.07) is 8.29. The van der Waals surface area contributed by atoms with Crippen LogP contribution in [0.5, 0.6) is 0 Å². The molecule has 0 amide bonds. The summed E-state index contributed by atoms with van der Waals surface area (Å²) in [5.41, 5.74) is 1.25. The number of rotatable bonds is 3. The van der Waals surface area contributed by atoms with Crippen LogP contribution in [-0.2, 0) is 4.79 Å². The van der Waals surface area contributed by atoms with Gasteiger partial charge in [-0.25, -0.2) is 0 Å². The third kappa shape index (κ3) is 2.63. The molecule has 1 fully saturated rings. The minimum Gasteiger partial charge on any atom is -0.303 e. The lowest BCUT2D eigenvalue weighted by Gasteiger charge is -2.11. The average molecular weight is 215 g/mol. The van der Waals surface area contributed by atoms with Gasteiger partial charge in [-0.05, 0) is 38.3 Å². The van der Waals surface area contributed by atoms with E-state index in [2.05, 4.69) is 31.2 Å². The molecular weight excluding hydrogens is 204 g/mol. The van der Waals surface area contributed by atoms with Gasteiger partial charge in [0.25, 0.3) is 0 Å². The van der Waals surface area contributed by atoms with Crippen LogP contribution in [0.25, 0.3) is 0 Å². The van der Waals surface area contributed by atoms with Crippen molar-refractivity contribution in [1.29, 1.82) is 0 Å². The molecule has 2 rings (SSSR count). The molecular formula is C13H11OS. The Labute approximate surface area is 95.3 Å². The Balaban J connectivity index is 2.02. The number of carbonyl (C=O) groups excluding carboxylic acids is 1. The molecule has 1 aromatic carbocycles. The Morgan fingerprint density at radius 3 is 2.53 bits per heavy atom. The van der Waals surface area contributed by atoms with Crippen molar-refractivity contribution in [2.75, 3.05) is 0 Å². The van der Waals surface area contributed by atoms with Crippen LogP contribution in [0.1, 0.15) is 5.56 Å². The molecule has 0 N–H and O–H groups in total. The van der Waals surface area contributed by atoms with Crippen LogP contribution in [-0.4, -0.2) is 6.29 Å². The molecule has 1 aromatic rings. The SMILES string of the molecule is Cc1ccc(S[C]2[CH][CH][CH][C]2C=O)cc1. The Bertz CT molecular complexity index is 331. The normalized spacial score (nSPS) is 18.2. The van der Waals surface area contributed by atoms with E-state index < -0.39 is 0 Å². The predicted molar refractivity (Wildman–Crippen MR) is 62.5 cm³/mol. The van der Waals surface area contributed by atoms with Crippen LogP contribution in [0, 0.1) is 37.4 Å². The number of aryl methyl sites for hydroxylation is 1.